The molecule has 132 valence electrons. The molecule has 0 radical (unpaired) electrons. The van der Waals surface area contributed by atoms with Crippen LogP contribution in [0.3, 0.4) is 0 Å². The Bertz CT molecular complexity index is 900. The van der Waals surface area contributed by atoms with Crippen molar-refractivity contribution >= 4 is 50.3 Å². The number of fused-ring (bicyclic) bond motifs is 4. The van der Waals surface area contributed by atoms with Crippen LogP contribution < -0.4 is 4.90 Å². The predicted molar refractivity (Wildman–Crippen MR) is 91.1 cm³/mol. The fourth-order valence-corrected chi connectivity index (χ4v) is 4.14. The van der Waals surface area contributed by atoms with Crippen molar-refractivity contribution in [1.82, 2.24) is 14.9 Å². The lowest BCUT2D eigenvalue weighted by Crippen LogP contribution is -2.64. The molecule has 3 saturated heterocycles. The largest absolute Gasteiger partial charge is 0.465 e. The molecule has 10 heteroatoms. The van der Waals surface area contributed by atoms with Crippen molar-refractivity contribution in [3.8, 4) is 0 Å². The summed E-state index contributed by atoms with van der Waals surface area (Å²) < 4.78 is 28.1. The van der Waals surface area contributed by atoms with E-state index in [9.17, 15) is 18.7 Å². The van der Waals surface area contributed by atoms with Gasteiger partial charge in [0.25, 0.3) is 0 Å². The maximum Gasteiger partial charge on any atom is 0.407 e. The standard InChI is InChI=1S/C15H12BrClF2N4O2/c16-10-9(18)3-8-12(11(10)19)20-14(17)21-13(8)22-4-7-2-1-6(22)5-23(7)15(24)25/h3,6-7H,1-2,4-5H2,(H,24,25)/t6?,7-/m0/s1. The summed E-state index contributed by atoms with van der Waals surface area (Å²) in [5, 5.41) is 9.37. The van der Waals surface area contributed by atoms with Gasteiger partial charge in [0.15, 0.2) is 5.82 Å². The normalized spacial score (nSPS) is 22.7. The molecule has 1 aromatic heterocycles. The number of benzene rings is 1. The summed E-state index contributed by atoms with van der Waals surface area (Å²) >= 11 is 8.82. The number of halogens is 4. The number of hydrogen-bond acceptors (Lipinski definition) is 4. The minimum Gasteiger partial charge on any atom is -0.465 e. The zero-order valence-corrected chi connectivity index (χ0v) is 15.1. The average molecular weight is 434 g/mol. The number of nitrogens with zero attached hydrogens (tertiary/aromatic N) is 4. The van der Waals surface area contributed by atoms with Gasteiger partial charge in [0.1, 0.15) is 17.2 Å². The zero-order valence-electron chi connectivity index (χ0n) is 12.7. The topological polar surface area (TPSA) is 69.6 Å². The first kappa shape index (κ1) is 16.7. The fourth-order valence-electron chi connectivity index (χ4n) is 3.67. The lowest BCUT2D eigenvalue weighted by Gasteiger charge is -2.51. The van der Waals surface area contributed by atoms with Crippen LogP contribution in [0, 0.1) is 11.6 Å². The van der Waals surface area contributed by atoms with Crippen molar-refractivity contribution in [3.05, 3.63) is 27.5 Å². The van der Waals surface area contributed by atoms with Crippen LogP contribution in [0.2, 0.25) is 5.28 Å². The number of aromatic nitrogens is 2. The Balaban J connectivity index is 1.84. The summed E-state index contributed by atoms with van der Waals surface area (Å²) in [5.41, 5.74) is -0.0696. The van der Waals surface area contributed by atoms with E-state index >= 15 is 0 Å². The molecular weight excluding hydrogens is 422 g/mol. The molecule has 3 aliphatic rings. The Hall–Kier alpha value is -1.74. The van der Waals surface area contributed by atoms with Crippen LogP contribution in [0.1, 0.15) is 12.8 Å². The molecule has 1 aromatic carbocycles. The minimum absolute atomic E-state index is 0.0696. The fraction of sp³-hybridized carbons (Fsp3) is 0.400. The van der Waals surface area contributed by atoms with Gasteiger partial charge in [-0.1, -0.05) is 0 Å². The molecule has 2 aromatic rings. The van der Waals surface area contributed by atoms with Crippen LogP contribution in [-0.4, -0.2) is 51.2 Å². The third kappa shape index (κ3) is 2.60. The number of piperazine rings is 1. The first-order chi connectivity index (χ1) is 11.9. The van der Waals surface area contributed by atoms with E-state index in [1.807, 2.05) is 4.90 Å². The highest BCUT2D eigenvalue weighted by Gasteiger charge is 2.42. The smallest absolute Gasteiger partial charge is 0.407 e. The van der Waals surface area contributed by atoms with Crippen LogP contribution >= 0.6 is 27.5 Å². The monoisotopic (exact) mass is 432 g/mol. The van der Waals surface area contributed by atoms with Gasteiger partial charge in [-0.3, -0.25) is 0 Å². The van der Waals surface area contributed by atoms with Crippen LogP contribution in [0.25, 0.3) is 10.9 Å². The number of hydrogen-bond donors (Lipinski definition) is 1. The van der Waals surface area contributed by atoms with Gasteiger partial charge >= 0.3 is 6.09 Å². The number of carbonyl (C=O) groups is 1. The van der Waals surface area contributed by atoms with E-state index in [1.54, 1.807) is 0 Å². The summed E-state index contributed by atoms with van der Waals surface area (Å²) in [5.74, 6) is -1.26. The van der Waals surface area contributed by atoms with E-state index in [0.717, 1.165) is 12.8 Å². The van der Waals surface area contributed by atoms with Crippen molar-refractivity contribution in [3.63, 3.8) is 0 Å². The van der Waals surface area contributed by atoms with Crippen LogP contribution in [0.4, 0.5) is 19.4 Å². The van der Waals surface area contributed by atoms with Gasteiger partial charge in [-0.2, -0.15) is 4.98 Å². The van der Waals surface area contributed by atoms with Crippen LogP contribution in [0.5, 0.6) is 0 Å². The number of anilines is 1. The van der Waals surface area contributed by atoms with Crippen LogP contribution in [0.15, 0.2) is 10.5 Å². The summed E-state index contributed by atoms with van der Waals surface area (Å²) in [6.07, 6.45) is 0.568. The van der Waals surface area contributed by atoms with Crippen molar-refractivity contribution in [2.75, 3.05) is 18.0 Å². The van der Waals surface area contributed by atoms with Crippen molar-refractivity contribution in [1.29, 1.82) is 0 Å². The Labute approximate surface area is 154 Å². The number of carboxylic acid groups (broad SMARTS) is 1. The minimum atomic E-state index is -0.957. The van der Waals surface area contributed by atoms with E-state index in [1.165, 1.54) is 11.0 Å². The Morgan fingerprint density at radius 3 is 2.64 bits per heavy atom. The Morgan fingerprint density at radius 1 is 1.28 bits per heavy atom. The highest BCUT2D eigenvalue weighted by Crippen LogP contribution is 2.37. The SMILES string of the molecule is O=C(O)N1CC2CC[C@H]1CN2c1nc(Cl)nc2c(F)c(Br)c(F)cc12. The molecule has 2 atom stereocenters. The second-order valence-electron chi connectivity index (χ2n) is 6.17. The summed E-state index contributed by atoms with van der Waals surface area (Å²) in [7, 11) is 0. The molecule has 0 saturated carbocycles. The van der Waals surface area contributed by atoms with Crippen LogP contribution in [-0.2, 0) is 0 Å². The van der Waals surface area contributed by atoms with E-state index in [4.69, 9.17) is 11.6 Å². The van der Waals surface area contributed by atoms with Gasteiger partial charge < -0.3 is 14.9 Å². The lowest BCUT2D eigenvalue weighted by molar-refractivity contribution is 0.0804. The molecule has 5 rings (SSSR count). The van der Waals surface area contributed by atoms with Gasteiger partial charge in [0, 0.05) is 24.5 Å². The molecule has 1 N–H and O–H groups in total. The van der Waals surface area contributed by atoms with Gasteiger partial charge in [0.05, 0.1) is 10.5 Å². The summed E-state index contributed by atoms with van der Waals surface area (Å²) in [6.45, 7) is 0.726. The first-order valence-electron chi connectivity index (χ1n) is 7.63. The molecule has 3 fully saturated rings. The molecule has 1 unspecified atom stereocenters. The summed E-state index contributed by atoms with van der Waals surface area (Å²) in [4.78, 5) is 22.7. The number of rotatable bonds is 1. The zero-order chi connectivity index (χ0) is 17.9. The third-order valence-electron chi connectivity index (χ3n) is 4.83. The molecule has 0 spiro atoms. The van der Waals surface area contributed by atoms with Crippen molar-refractivity contribution < 1.29 is 18.7 Å². The molecule has 3 aliphatic heterocycles. The van der Waals surface area contributed by atoms with Crippen molar-refractivity contribution in [2.45, 2.75) is 24.9 Å². The molecule has 1 amide bonds. The number of piperidine rings is 2. The Kier molecular flexibility index (Phi) is 3.95. The maximum atomic E-state index is 14.4. The molecule has 4 heterocycles. The highest BCUT2D eigenvalue weighted by molar-refractivity contribution is 9.10. The molecular formula is C15H12BrClF2N4O2. The van der Waals surface area contributed by atoms with E-state index < -0.39 is 17.7 Å². The van der Waals surface area contributed by atoms with Gasteiger partial charge in [0.2, 0.25) is 5.28 Å². The maximum absolute atomic E-state index is 14.4. The summed E-state index contributed by atoms with van der Waals surface area (Å²) in [6, 6.07) is 0.868. The lowest BCUT2D eigenvalue weighted by atomic mass is 9.91. The van der Waals surface area contributed by atoms with E-state index in [-0.39, 0.29) is 32.7 Å². The third-order valence-corrected chi connectivity index (χ3v) is 5.72. The van der Waals surface area contributed by atoms with E-state index in [0.29, 0.717) is 18.9 Å². The van der Waals surface area contributed by atoms with Gasteiger partial charge in [-0.05, 0) is 46.4 Å². The molecule has 6 nitrogen and oxygen atoms in total. The van der Waals surface area contributed by atoms with E-state index in [2.05, 4.69) is 25.9 Å². The highest BCUT2D eigenvalue weighted by atomic mass is 79.9. The van der Waals surface area contributed by atoms with Crippen molar-refractivity contribution in [2.24, 2.45) is 0 Å². The molecule has 0 aliphatic carbocycles. The van der Waals surface area contributed by atoms with Gasteiger partial charge in [-0.25, -0.2) is 18.6 Å². The Morgan fingerprint density at radius 2 is 2.00 bits per heavy atom. The number of amides is 1. The second-order valence-corrected chi connectivity index (χ2v) is 7.30. The van der Waals surface area contributed by atoms with Gasteiger partial charge in [-0.15, -0.1) is 0 Å². The quantitative estimate of drug-likeness (QED) is 0.549. The average Bonchev–Trinajstić information content (AvgIpc) is 2.60. The molecule has 25 heavy (non-hydrogen) atoms. The second kappa shape index (κ2) is 5.91. The first-order valence-corrected chi connectivity index (χ1v) is 8.81. The predicted octanol–water partition coefficient (Wildman–Crippen LogP) is 3.65. The molecule has 2 bridgehead atoms.